The quantitative estimate of drug-likeness (QED) is 0.404. The number of nitrogens with one attached hydrogen (secondary N) is 1. The highest BCUT2D eigenvalue weighted by Gasteiger charge is 2.11. The van der Waals surface area contributed by atoms with Crippen molar-refractivity contribution in [2.75, 3.05) is 25.6 Å². The Morgan fingerprint density at radius 3 is 2.73 bits per heavy atom. The van der Waals surface area contributed by atoms with Crippen LogP contribution in [0.25, 0.3) is 0 Å². The molecule has 0 saturated heterocycles. The van der Waals surface area contributed by atoms with Gasteiger partial charge in [0, 0.05) is 23.7 Å². The molecule has 0 unspecified atom stereocenters. The van der Waals surface area contributed by atoms with Crippen LogP contribution in [0.5, 0.6) is 17.2 Å². The molecule has 1 aliphatic rings. The van der Waals surface area contributed by atoms with Gasteiger partial charge in [-0.25, -0.2) is 9.38 Å². The molecular formula is C18H21FIN3O3. The molecule has 0 saturated carbocycles. The predicted molar refractivity (Wildman–Crippen MR) is 109 cm³/mol. The summed E-state index contributed by atoms with van der Waals surface area (Å²) in [5.74, 6) is 1.81. The molecule has 2 aromatic carbocycles. The molecule has 8 heteroatoms. The predicted octanol–water partition coefficient (Wildman–Crippen LogP) is 3.54. The van der Waals surface area contributed by atoms with Crippen LogP contribution in [-0.2, 0) is 6.54 Å². The lowest BCUT2D eigenvalue weighted by Crippen LogP contribution is -2.22. The first kappa shape index (κ1) is 20.1. The van der Waals surface area contributed by atoms with Gasteiger partial charge in [0.05, 0.1) is 26.9 Å². The Kier molecular flexibility index (Phi) is 7.31. The highest BCUT2D eigenvalue weighted by Crippen LogP contribution is 2.32. The molecule has 6 nitrogen and oxygen atoms in total. The Morgan fingerprint density at radius 1 is 1.19 bits per heavy atom. The van der Waals surface area contributed by atoms with E-state index >= 15 is 0 Å². The van der Waals surface area contributed by atoms with Crippen LogP contribution in [-0.4, -0.2) is 26.3 Å². The van der Waals surface area contributed by atoms with Crippen LogP contribution in [0.3, 0.4) is 0 Å². The lowest BCUT2D eigenvalue weighted by atomic mass is 10.2. The van der Waals surface area contributed by atoms with E-state index in [0.29, 0.717) is 36.0 Å². The number of rotatable bonds is 4. The Bertz CT molecular complexity index is 786. The number of hydrogen-bond donors (Lipinski definition) is 2. The minimum absolute atomic E-state index is 0. The number of anilines is 1. The normalized spacial score (nSPS) is 13.4. The highest BCUT2D eigenvalue weighted by molar-refractivity contribution is 14.0. The number of nitrogens with two attached hydrogens (primary N) is 1. The molecule has 0 atom stereocenters. The standard InChI is InChI=1S/C18H20FN3O3.HI/c1-23-15-5-3-13(19)9-12(15)11-21-18(20)22-14-4-6-16-17(10-14)25-8-2-7-24-16;/h3-6,9-10H,2,7-8,11H2,1H3,(H3,20,21,22);1H. The zero-order chi connectivity index (χ0) is 17.6. The van der Waals surface area contributed by atoms with Crippen molar-refractivity contribution in [1.29, 1.82) is 0 Å². The number of guanidine groups is 1. The van der Waals surface area contributed by atoms with Crippen molar-refractivity contribution < 1.29 is 18.6 Å². The van der Waals surface area contributed by atoms with Gasteiger partial charge in [-0.2, -0.15) is 0 Å². The van der Waals surface area contributed by atoms with Crippen molar-refractivity contribution in [3.63, 3.8) is 0 Å². The van der Waals surface area contributed by atoms with Crippen LogP contribution >= 0.6 is 24.0 Å². The second-order valence-electron chi connectivity index (χ2n) is 5.49. The first-order valence-electron chi connectivity index (χ1n) is 7.95. The van der Waals surface area contributed by atoms with Gasteiger partial charge < -0.3 is 25.3 Å². The first-order valence-corrected chi connectivity index (χ1v) is 7.95. The molecule has 0 aromatic heterocycles. The number of halogens is 2. The SMILES string of the molecule is COc1ccc(F)cc1CN=C(N)Nc1ccc2c(c1)OCCCO2.I. The van der Waals surface area contributed by atoms with Crippen LogP contribution < -0.4 is 25.3 Å². The fraction of sp³-hybridized carbons (Fsp3) is 0.278. The molecule has 26 heavy (non-hydrogen) atoms. The van der Waals surface area contributed by atoms with E-state index in [9.17, 15) is 4.39 Å². The monoisotopic (exact) mass is 473 g/mol. The summed E-state index contributed by atoms with van der Waals surface area (Å²) in [5.41, 5.74) is 7.27. The smallest absolute Gasteiger partial charge is 0.193 e. The van der Waals surface area contributed by atoms with Crippen LogP contribution in [0.1, 0.15) is 12.0 Å². The lowest BCUT2D eigenvalue weighted by molar-refractivity contribution is 0.297. The Labute approximate surface area is 168 Å². The molecule has 0 radical (unpaired) electrons. The summed E-state index contributed by atoms with van der Waals surface area (Å²) in [6, 6.07) is 9.75. The fourth-order valence-corrected chi connectivity index (χ4v) is 2.47. The maximum absolute atomic E-state index is 13.4. The van der Waals surface area contributed by atoms with E-state index in [1.54, 1.807) is 6.07 Å². The second kappa shape index (κ2) is 9.46. The third-order valence-corrected chi connectivity index (χ3v) is 3.68. The molecule has 1 heterocycles. The summed E-state index contributed by atoms with van der Waals surface area (Å²) in [6.45, 7) is 1.45. The van der Waals surface area contributed by atoms with Crippen LogP contribution in [0.4, 0.5) is 10.1 Å². The van der Waals surface area contributed by atoms with E-state index < -0.39 is 0 Å². The van der Waals surface area contributed by atoms with Crippen molar-refractivity contribution in [1.82, 2.24) is 0 Å². The van der Waals surface area contributed by atoms with E-state index in [-0.39, 0.29) is 42.3 Å². The first-order chi connectivity index (χ1) is 12.2. The van der Waals surface area contributed by atoms with Gasteiger partial charge in [0.1, 0.15) is 11.6 Å². The Morgan fingerprint density at radius 2 is 1.96 bits per heavy atom. The molecule has 3 N–H and O–H groups in total. The summed E-state index contributed by atoms with van der Waals surface area (Å²) in [4.78, 5) is 4.23. The van der Waals surface area contributed by atoms with Gasteiger partial charge in [0.2, 0.25) is 0 Å². The average Bonchev–Trinajstić information content (AvgIpc) is 2.85. The van der Waals surface area contributed by atoms with E-state index in [4.69, 9.17) is 19.9 Å². The summed E-state index contributed by atoms with van der Waals surface area (Å²) < 4.78 is 29.8. The van der Waals surface area contributed by atoms with Crippen molar-refractivity contribution in [2.24, 2.45) is 10.7 Å². The lowest BCUT2D eigenvalue weighted by Gasteiger charge is -2.11. The molecule has 3 rings (SSSR count). The van der Waals surface area contributed by atoms with Gasteiger partial charge in [-0.1, -0.05) is 0 Å². The van der Waals surface area contributed by atoms with E-state index in [2.05, 4.69) is 10.3 Å². The van der Waals surface area contributed by atoms with E-state index in [1.165, 1.54) is 19.2 Å². The number of fused-ring (bicyclic) bond motifs is 1. The topological polar surface area (TPSA) is 78.1 Å². The van der Waals surface area contributed by atoms with E-state index in [1.807, 2.05) is 18.2 Å². The molecule has 140 valence electrons. The zero-order valence-corrected chi connectivity index (χ0v) is 16.7. The van der Waals surface area contributed by atoms with Crippen molar-refractivity contribution >= 4 is 35.6 Å². The molecular weight excluding hydrogens is 452 g/mol. The van der Waals surface area contributed by atoms with Crippen LogP contribution in [0.15, 0.2) is 41.4 Å². The summed E-state index contributed by atoms with van der Waals surface area (Å²) >= 11 is 0. The van der Waals surface area contributed by atoms with Gasteiger partial charge in [-0.15, -0.1) is 24.0 Å². The van der Waals surface area contributed by atoms with Gasteiger partial charge in [0.15, 0.2) is 17.5 Å². The third-order valence-electron chi connectivity index (χ3n) is 3.68. The van der Waals surface area contributed by atoms with Crippen LogP contribution in [0, 0.1) is 5.82 Å². The van der Waals surface area contributed by atoms with Crippen molar-refractivity contribution in [2.45, 2.75) is 13.0 Å². The zero-order valence-electron chi connectivity index (χ0n) is 14.3. The average molecular weight is 473 g/mol. The van der Waals surface area contributed by atoms with Gasteiger partial charge >= 0.3 is 0 Å². The number of hydrogen-bond acceptors (Lipinski definition) is 4. The third kappa shape index (κ3) is 5.13. The molecule has 0 fully saturated rings. The van der Waals surface area contributed by atoms with Gasteiger partial charge in [0.25, 0.3) is 0 Å². The summed E-state index contributed by atoms with van der Waals surface area (Å²) in [5, 5.41) is 2.99. The number of methoxy groups -OCH3 is 1. The largest absolute Gasteiger partial charge is 0.496 e. The molecule has 1 aliphatic heterocycles. The summed E-state index contributed by atoms with van der Waals surface area (Å²) in [7, 11) is 1.53. The molecule has 0 aliphatic carbocycles. The highest BCUT2D eigenvalue weighted by atomic mass is 127. The minimum Gasteiger partial charge on any atom is -0.496 e. The number of ether oxygens (including phenoxy) is 3. The number of aliphatic imine (C=N–C) groups is 1. The molecule has 0 bridgehead atoms. The fourth-order valence-electron chi connectivity index (χ4n) is 2.47. The Balaban J connectivity index is 0.00000243. The number of nitrogens with zero attached hydrogens (tertiary/aromatic N) is 1. The van der Waals surface area contributed by atoms with Crippen LogP contribution in [0.2, 0.25) is 0 Å². The number of benzene rings is 2. The van der Waals surface area contributed by atoms with E-state index in [0.717, 1.165) is 12.1 Å². The minimum atomic E-state index is -0.347. The molecule has 0 amide bonds. The summed E-state index contributed by atoms with van der Waals surface area (Å²) in [6.07, 6.45) is 0.844. The maximum Gasteiger partial charge on any atom is 0.193 e. The second-order valence-corrected chi connectivity index (χ2v) is 5.49. The Hall–Kier alpha value is -2.23. The van der Waals surface area contributed by atoms with Crippen molar-refractivity contribution in [3.8, 4) is 17.2 Å². The van der Waals surface area contributed by atoms with Crippen molar-refractivity contribution in [3.05, 3.63) is 47.8 Å². The molecule has 0 spiro atoms. The van der Waals surface area contributed by atoms with Gasteiger partial charge in [-0.05, 0) is 30.3 Å². The van der Waals surface area contributed by atoms with Gasteiger partial charge in [-0.3, -0.25) is 0 Å². The maximum atomic E-state index is 13.4. The molecule has 2 aromatic rings.